The van der Waals surface area contributed by atoms with Crippen LogP contribution >= 0.6 is 24.0 Å². The van der Waals surface area contributed by atoms with Crippen molar-refractivity contribution < 1.29 is 0 Å². The zero-order valence-electron chi connectivity index (χ0n) is 20.4. The molecule has 0 radical (unpaired) electrons. The van der Waals surface area contributed by atoms with Crippen molar-refractivity contribution in [2.45, 2.75) is 72.9 Å². The van der Waals surface area contributed by atoms with Crippen LogP contribution in [-0.2, 0) is 6.54 Å². The van der Waals surface area contributed by atoms with Crippen LogP contribution in [0.4, 0.5) is 5.82 Å². The molecular weight excluding hydrogens is 499 g/mol. The average molecular weight is 545 g/mol. The summed E-state index contributed by atoms with van der Waals surface area (Å²) < 4.78 is 0. The lowest BCUT2D eigenvalue weighted by atomic mass is 9.99. The molecule has 31 heavy (non-hydrogen) atoms. The topological polar surface area (TPSA) is 55.8 Å². The van der Waals surface area contributed by atoms with E-state index in [1.807, 2.05) is 6.20 Å². The Morgan fingerprint density at radius 1 is 1.23 bits per heavy atom. The Balaban J connectivity index is 0.00000480. The molecule has 0 saturated carbocycles. The van der Waals surface area contributed by atoms with Gasteiger partial charge in [-0.3, -0.25) is 0 Å². The minimum Gasteiger partial charge on any atom is -0.357 e. The number of anilines is 1. The SMILES string of the molecule is CCNC(=NCc1ccc(N2CCC(C)CC2)nc1)NC(C)CCCN(CC)CC.I. The zero-order valence-corrected chi connectivity index (χ0v) is 22.7. The molecule has 1 saturated heterocycles. The van der Waals surface area contributed by atoms with Crippen molar-refractivity contribution in [1.29, 1.82) is 0 Å². The largest absolute Gasteiger partial charge is 0.357 e. The van der Waals surface area contributed by atoms with Gasteiger partial charge in [-0.2, -0.15) is 0 Å². The first-order valence-corrected chi connectivity index (χ1v) is 12.0. The van der Waals surface area contributed by atoms with Crippen LogP contribution < -0.4 is 15.5 Å². The number of hydrogen-bond acceptors (Lipinski definition) is 4. The molecule has 2 N–H and O–H groups in total. The fourth-order valence-electron chi connectivity index (χ4n) is 3.89. The Hall–Kier alpha value is -1.09. The van der Waals surface area contributed by atoms with E-state index in [0.29, 0.717) is 12.6 Å². The van der Waals surface area contributed by atoms with Crippen molar-refractivity contribution in [3.8, 4) is 0 Å². The molecule has 1 aromatic rings. The fourth-order valence-corrected chi connectivity index (χ4v) is 3.89. The van der Waals surface area contributed by atoms with Crippen LogP contribution in [-0.4, -0.2) is 61.2 Å². The van der Waals surface area contributed by atoms with Crippen molar-refractivity contribution in [1.82, 2.24) is 20.5 Å². The third-order valence-electron chi connectivity index (χ3n) is 6.07. The monoisotopic (exact) mass is 544 g/mol. The molecular formula is C24H45IN6. The molecule has 178 valence electrons. The summed E-state index contributed by atoms with van der Waals surface area (Å²) in [5.41, 5.74) is 1.15. The number of guanidine groups is 1. The highest BCUT2D eigenvalue weighted by molar-refractivity contribution is 14.0. The van der Waals surface area contributed by atoms with Gasteiger partial charge in [-0.05, 0) is 76.7 Å². The van der Waals surface area contributed by atoms with Crippen LogP contribution in [0.15, 0.2) is 23.3 Å². The van der Waals surface area contributed by atoms with Crippen LogP contribution in [0.5, 0.6) is 0 Å². The predicted octanol–water partition coefficient (Wildman–Crippen LogP) is 4.50. The molecule has 2 heterocycles. The summed E-state index contributed by atoms with van der Waals surface area (Å²) in [6.07, 6.45) is 6.85. The number of pyridine rings is 1. The van der Waals surface area contributed by atoms with Gasteiger partial charge in [0.1, 0.15) is 5.82 Å². The molecule has 1 fully saturated rings. The molecule has 2 rings (SSSR count). The first kappa shape index (κ1) is 27.9. The number of rotatable bonds is 11. The number of aliphatic imine (C=N–C) groups is 1. The van der Waals surface area contributed by atoms with Crippen molar-refractivity contribution in [2.24, 2.45) is 10.9 Å². The molecule has 1 aliphatic rings. The summed E-state index contributed by atoms with van der Waals surface area (Å²) in [6, 6.07) is 4.72. The van der Waals surface area contributed by atoms with Crippen molar-refractivity contribution in [3.63, 3.8) is 0 Å². The molecule has 0 bridgehead atoms. The van der Waals surface area contributed by atoms with Gasteiger partial charge in [0.25, 0.3) is 0 Å². The Morgan fingerprint density at radius 3 is 2.52 bits per heavy atom. The Bertz CT molecular complexity index is 609. The lowest BCUT2D eigenvalue weighted by Crippen LogP contribution is -2.42. The summed E-state index contributed by atoms with van der Waals surface area (Å²) in [5, 5.41) is 6.93. The maximum Gasteiger partial charge on any atom is 0.191 e. The Labute approximate surface area is 207 Å². The van der Waals surface area contributed by atoms with Gasteiger partial charge >= 0.3 is 0 Å². The summed E-state index contributed by atoms with van der Waals surface area (Å²) in [5.74, 6) is 2.83. The van der Waals surface area contributed by atoms with Gasteiger partial charge in [0.05, 0.1) is 6.54 Å². The molecule has 1 aliphatic heterocycles. The minimum atomic E-state index is 0. The summed E-state index contributed by atoms with van der Waals surface area (Å²) in [7, 11) is 0. The molecule has 0 spiro atoms. The van der Waals surface area contributed by atoms with E-state index in [2.05, 4.69) is 67.2 Å². The van der Waals surface area contributed by atoms with Crippen LogP contribution in [0.25, 0.3) is 0 Å². The Morgan fingerprint density at radius 2 is 1.94 bits per heavy atom. The number of hydrogen-bond donors (Lipinski definition) is 2. The summed E-state index contributed by atoms with van der Waals surface area (Å²) >= 11 is 0. The van der Waals surface area contributed by atoms with Gasteiger partial charge in [0.2, 0.25) is 0 Å². The molecule has 7 heteroatoms. The van der Waals surface area contributed by atoms with Crippen molar-refractivity contribution in [3.05, 3.63) is 23.9 Å². The van der Waals surface area contributed by atoms with Crippen LogP contribution in [0.3, 0.4) is 0 Å². The van der Waals surface area contributed by atoms with Crippen molar-refractivity contribution in [2.75, 3.05) is 44.2 Å². The van der Waals surface area contributed by atoms with E-state index in [4.69, 9.17) is 9.98 Å². The quantitative estimate of drug-likeness (QED) is 0.244. The molecule has 0 aliphatic carbocycles. The van der Waals surface area contributed by atoms with E-state index in [0.717, 1.165) is 62.4 Å². The van der Waals surface area contributed by atoms with Crippen LogP contribution in [0.1, 0.15) is 65.9 Å². The van der Waals surface area contributed by atoms with Gasteiger partial charge < -0.3 is 20.4 Å². The van der Waals surface area contributed by atoms with E-state index < -0.39 is 0 Å². The molecule has 0 aromatic carbocycles. The third-order valence-corrected chi connectivity index (χ3v) is 6.07. The highest BCUT2D eigenvalue weighted by atomic mass is 127. The maximum atomic E-state index is 4.78. The highest BCUT2D eigenvalue weighted by Gasteiger charge is 2.16. The fraction of sp³-hybridized carbons (Fsp3) is 0.750. The highest BCUT2D eigenvalue weighted by Crippen LogP contribution is 2.21. The number of nitrogens with zero attached hydrogens (tertiary/aromatic N) is 4. The standard InChI is InChI=1S/C24H44N6.HI/c1-6-25-24(28-21(5)10-9-15-29(7-2)8-3)27-19-22-11-12-23(26-18-22)30-16-13-20(4)14-17-30;/h11-12,18,20-21H,6-10,13-17,19H2,1-5H3,(H2,25,27,28);1H. The second-order valence-corrected chi connectivity index (χ2v) is 8.60. The van der Waals surface area contributed by atoms with E-state index in [9.17, 15) is 0 Å². The normalized spacial score (nSPS) is 16.2. The van der Waals surface area contributed by atoms with Gasteiger partial charge in [-0.15, -0.1) is 24.0 Å². The lowest BCUT2D eigenvalue weighted by Gasteiger charge is -2.31. The first-order chi connectivity index (χ1) is 14.5. The van der Waals surface area contributed by atoms with Crippen LogP contribution in [0.2, 0.25) is 0 Å². The number of halogens is 1. The Kier molecular flexibility index (Phi) is 14.1. The first-order valence-electron chi connectivity index (χ1n) is 12.0. The van der Waals surface area contributed by atoms with Gasteiger partial charge in [-0.1, -0.05) is 26.8 Å². The molecule has 1 atom stereocenters. The van der Waals surface area contributed by atoms with Gasteiger partial charge in [0, 0.05) is 31.9 Å². The second kappa shape index (κ2) is 15.7. The number of nitrogens with one attached hydrogen (secondary N) is 2. The maximum absolute atomic E-state index is 4.78. The molecule has 0 amide bonds. The second-order valence-electron chi connectivity index (χ2n) is 8.60. The summed E-state index contributed by atoms with van der Waals surface area (Å²) in [6.45, 7) is 18.3. The third kappa shape index (κ3) is 10.4. The smallest absolute Gasteiger partial charge is 0.191 e. The van der Waals surface area contributed by atoms with E-state index in [1.165, 1.54) is 25.8 Å². The number of aromatic nitrogens is 1. The zero-order chi connectivity index (χ0) is 21.8. The van der Waals surface area contributed by atoms with Gasteiger partial charge in [0.15, 0.2) is 5.96 Å². The van der Waals surface area contributed by atoms with E-state index in [1.54, 1.807) is 0 Å². The van der Waals surface area contributed by atoms with Gasteiger partial charge in [-0.25, -0.2) is 9.98 Å². The summed E-state index contributed by atoms with van der Waals surface area (Å²) in [4.78, 5) is 14.4. The molecule has 1 unspecified atom stereocenters. The van der Waals surface area contributed by atoms with E-state index in [-0.39, 0.29) is 24.0 Å². The van der Waals surface area contributed by atoms with Crippen LogP contribution in [0, 0.1) is 5.92 Å². The minimum absolute atomic E-state index is 0. The lowest BCUT2D eigenvalue weighted by molar-refractivity contribution is 0.292. The average Bonchev–Trinajstić information content (AvgIpc) is 2.76. The van der Waals surface area contributed by atoms with E-state index >= 15 is 0 Å². The molecule has 6 nitrogen and oxygen atoms in total. The molecule has 1 aromatic heterocycles. The number of piperidine rings is 1. The predicted molar refractivity (Wildman–Crippen MR) is 145 cm³/mol. The van der Waals surface area contributed by atoms with Crippen molar-refractivity contribution >= 4 is 35.8 Å².